The largest absolute Gasteiger partial charge is 0.374 e. The van der Waals surface area contributed by atoms with Crippen LogP contribution in [0.15, 0.2) is 42.6 Å². The lowest BCUT2D eigenvalue weighted by atomic mass is 10.1. The van der Waals surface area contributed by atoms with Crippen molar-refractivity contribution >= 4 is 11.5 Å². The molecule has 1 aromatic carbocycles. The summed E-state index contributed by atoms with van der Waals surface area (Å²) in [4.78, 5) is 6.76. The monoisotopic (exact) mass is 341 g/mol. The highest BCUT2D eigenvalue weighted by atomic mass is 19.1. The number of hydrogen-bond acceptors (Lipinski definition) is 5. The zero-order valence-corrected chi connectivity index (χ0v) is 13.8. The molecule has 4 rings (SSSR count). The van der Waals surface area contributed by atoms with Crippen LogP contribution in [0.3, 0.4) is 0 Å². The first-order valence-electron chi connectivity index (χ1n) is 8.42. The van der Waals surface area contributed by atoms with Gasteiger partial charge in [0.2, 0.25) is 0 Å². The zero-order chi connectivity index (χ0) is 17.2. The van der Waals surface area contributed by atoms with Gasteiger partial charge in [0.05, 0.1) is 24.6 Å². The minimum absolute atomic E-state index is 0.0921. The molecule has 1 aliphatic heterocycles. The van der Waals surface area contributed by atoms with Gasteiger partial charge in [-0.1, -0.05) is 12.1 Å². The molecule has 0 unspecified atom stereocenters. The third kappa shape index (κ3) is 3.08. The van der Waals surface area contributed by atoms with E-state index >= 15 is 0 Å². The molecule has 7 heteroatoms. The third-order valence-electron chi connectivity index (χ3n) is 4.44. The van der Waals surface area contributed by atoms with E-state index in [1.54, 1.807) is 22.8 Å². The average molecular weight is 341 g/mol. The van der Waals surface area contributed by atoms with Gasteiger partial charge in [-0.2, -0.15) is 9.61 Å². The molecule has 1 aliphatic rings. The van der Waals surface area contributed by atoms with Gasteiger partial charge in [-0.15, -0.1) is 0 Å². The van der Waals surface area contributed by atoms with Crippen LogP contribution >= 0.6 is 0 Å². The molecule has 0 aliphatic carbocycles. The third-order valence-corrected chi connectivity index (χ3v) is 4.44. The molecule has 2 aromatic heterocycles. The Morgan fingerprint density at radius 1 is 1.28 bits per heavy atom. The fourth-order valence-corrected chi connectivity index (χ4v) is 3.22. The number of anilines is 1. The van der Waals surface area contributed by atoms with Crippen LogP contribution in [-0.4, -0.2) is 46.9 Å². The second-order valence-corrected chi connectivity index (χ2v) is 6.10. The number of rotatable bonds is 4. The maximum Gasteiger partial charge on any atom is 0.157 e. The highest BCUT2D eigenvalue weighted by Gasteiger charge is 2.23. The van der Waals surface area contributed by atoms with E-state index in [1.807, 2.05) is 18.2 Å². The number of halogens is 1. The molecule has 6 nitrogen and oxygen atoms in total. The lowest BCUT2D eigenvalue weighted by Crippen LogP contribution is -2.44. The topological polar surface area (TPSA) is 68.7 Å². The summed E-state index contributed by atoms with van der Waals surface area (Å²) in [6, 6.07) is 10.4. The lowest BCUT2D eigenvalue weighted by Gasteiger charge is -2.34. The summed E-state index contributed by atoms with van der Waals surface area (Å²) in [5, 5.41) is 4.38. The van der Waals surface area contributed by atoms with E-state index in [4.69, 9.17) is 10.5 Å². The van der Waals surface area contributed by atoms with Gasteiger partial charge in [-0.25, -0.2) is 9.37 Å². The van der Waals surface area contributed by atoms with Crippen molar-refractivity contribution in [1.82, 2.24) is 14.6 Å². The summed E-state index contributed by atoms with van der Waals surface area (Å²) in [7, 11) is 0. The van der Waals surface area contributed by atoms with Crippen molar-refractivity contribution in [3.8, 4) is 11.3 Å². The SMILES string of the molecule is NCC[C@H]1CN(c2cc(-c3ccccc3F)nc3ccnn23)CCO1. The van der Waals surface area contributed by atoms with Gasteiger partial charge in [0.1, 0.15) is 11.6 Å². The minimum atomic E-state index is -0.284. The summed E-state index contributed by atoms with van der Waals surface area (Å²) in [5.74, 6) is 0.603. The Labute approximate surface area is 145 Å². The first-order valence-corrected chi connectivity index (χ1v) is 8.42. The summed E-state index contributed by atoms with van der Waals surface area (Å²) in [6.07, 6.45) is 2.60. The van der Waals surface area contributed by atoms with Gasteiger partial charge in [0.15, 0.2) is 5.65 Å². The molecular weight excluding hydrogens is 321 g/mol. The van der Waals surface area contributed by atoms with Crippen LogP contribution < -0.4 is 10.6 Å². The highest BCUT2D eigenvalue weighted by Crippen LogP contribution is 2.27. The van der Waals surface area contributed by atoms with Crippen molar-refractivity contribution in [3.05, 3.63) is 48.4 Å². The molecule has 0 saturated carbocycles. The summed E-state index contributed by atoms with van der Waals surface area (Å²) < 4.78 is 21.8. The number of nitrogens with zero attached hydrogens (tertiary/aromatic N) is 4. The second-order valence-electron chi connectivity index (χ2n) is 6.10. The highest BCUT2D eigenvalue weighted by molar-refractivity contribution is 5.67. The maximum atomic E-state index is 14.2. The summed E-state index contributed by atoms with van der Waals surface area (Å²) in [6.45, 7) is 2.70. The smallest absolute Gasteiger partial charge is 0.157 e. The summed E-state index contributed by atoms with van der Waals surface area (Å²) >= 11 is 0. The molecule has 1 atom stereocenters. The standard InChI is InChI=1S/C18H20FN5O/c19-15-4-2-1-3-14(15)16-11-18(24-17(22-16)6-8-21-24)23-9-10-25-13(12-23)5-7-20/h1-4,6,8,11,13H,5,7,9-10,12,20H2/t13-/m0/s1. The van der Waals surface area contributed by atoms with Crippen LogP contribution in [0.25, 0.3) is 16.9 Å². The molecule has 1 saturated heterocycles. The first-order chi connectivity index (χ1) is 12.3. The van der Waals surface area contributed by atoms with Crippen molar-refractivity contribution in [2.45, 2.75) is 12.5 Å². The Balaban J connectivity index is 1.78. The molecule has 0 radical (unpaired) electrons. The lowest BCUT2D eigenvalue weighted by molar-refractivity contribution is 0.0365. The second kappa shape index (κ2) is 6.78. The van der Waals surface area contributed by atoms with Gasteiger partial charge in [0, 0.05) is 30.8 Å². The molecule has 0 spiro atoms. The van der Waals surface area contributed by atoms with Crippen LogP contribution in [0.5, 0.6) is 0 Å². The Hall–Kier alpha value is -2.51. The van der Waals surface area contributed by atoms with Gasteiger partial charge in [-0.3, -0.25) is 0 Å². The van der Waals surface area contributed by atoms with E-state index < -0.39 is 0 Å². The predicted molar refractivity (Wildman–Crippen MR) is 94.0 cm³/mol. The number of morpholine rings is 1. The molecule has 1 fully saturated rings. The minimum Gasteiger partial charge on any atom is -0.374 e. The first kappa shape index (κ1) is 16.0. The van der Waals surface area contributed by atoms with Crippen molar-refractivity contribution in [3.63, 3.8) is 0 Å². The van der Waals surface area contributed by atoms with Crippen LogP contribution in [-0.2, 0) is 4.74 Å². The molecule has 25 heavy (non-hydrogen) atoms. The van der Waals surface area contributed by atoms with Crippen molar-refractivity contribution in [2.75, 3.05) is 31.1 Å². The Kier molecular flexibility index (Phi) is 4.33. The average Bonchev–Trinajstić information content (AvgIpc) is 3.10. The van der Waals surface area contributed by atoms with E-state index in [2.05, 4.69) is 15.0 Å². The molecular formula is C18H20FN5O. The molecule has 3 aromatic rings. The van der Waals surface area contributed by atoms with Gasteiger partial charge in [-0.05, 0) is 25.1 Å². The van der Waals surface area contributed by atoms with Crippen LogP contribution in [0.1, 0.15) is 6.42 Å². The van der Waals surface area contributed by atoms with E-state index in [0.717, 1.165) is 25.3 Å². The van der Waals surface area contributed by atoms with Gasteiger partial charge < -0.3 is 15.4 Å². The number of fused-ring (bicyclic) bond motifs is 1. The van der Waals surface area contributed by atoms with Crippen LogP contribution in [0, 0.1) is 5.82 Å². The van der Waals surface area contributed by atoms with Crippen molar-refractivity contribution in [1.29, 1.82) is 0 Å². The predicted octanol–water partition coefficient (Wildman–Crippen LogP) is 2.09. The fraction of sp³-hybridized carbons (Fsp3) is 0.333. The Morgan fingerprint density at radius 2 is 2.16 bits per heavy atom. The van der Waals surface area contributed by atoms with E-state index in [0.29, 0.717) is 30.1 Å². The molecule has 3 heterocycles. The molecule has 0 amide bonds. The number of benzene rings is 1. The molecule has 0 bridgehead atoms. The van der Waals surface area contributed by atoms with Crippen molar-refractivity contribution < 1.29 is 9.13 Å². The van der Waals surface area contributed by atoms with Crippen LogP contribution in [0.4, 0.5) is 10.2 Å². The normalized spacial score (nSPS) is 18.0. The van der Waals surface area contributed by atoms with E-state index in [-0.39, 0.29) is 11.9 Å². The van der Waals surface area contributed by atoms with Crippen molar-refractivity contribution in [2.24, 2.45) is 5.73 Å². The quantitative estimate of drug-likeness (QED) is 0.787. The van der Waals surface area contributed by atoms with E-state index in [1.165, 1.54) is 6.07 Å². The Morgan fingerprint density at radius 3 is 3.00 bits per heavy atom. The number of aromatic nitrogens is 3. The summed E-state index contributed by atoms with van der Waals surface area (Å²) in [5.41, 5.74) is 7.44. The van der Waals surface area contributed by atoms with Gasteiger partial charge in [0.25, 0.3) is 0 Å². The Bertz CT molecular complexity index is 879. The zero-order valence-electron chi connectivity index (χ0n) is 13.8. The number of hydrogen-bond donors (Lipinski definition) is 1. The molecule has 130 valence electrons. The number of ether oxygens (including phenoxy) is 1. The maximum absolute atomic E-state index is 14.2. The van der Waals surface area contributed by atoms with Gasteiger partial charge >= 0.3 is 0 Å². The fourth-order valence-electron chi connectivity index (χ4n) is 3.22. The molecule has 2 N–H and O–H groups in total. The van der Waals surface area contributed by atoms with Crippen LogP contribution in [0.2, 0.25) is 0 Å². The van der Waals surface area contributed by atoms with E-state index in [9.17, 15) is 4.39 Å². The number of nitrogens with two attached hydrogens (primary N) is 1.